The van der Waals surface area contributed by atoms with Crippen LogP contribution in [0.4, 0.5) is 0 Å². The zero-order valence-corrected chi connectivity index (χ0v) is 14.0. The standard InChI is InChI=1S/C14H16BrNS2/c1-14(2,3)12-8-18-13(16-12)9-17-11-6-4-5-10(15)7-11/h4-8H,9H2,1-3H3. The molecule has 1 heterocycles. The maximum Gasteiger partial charge on any atom is 0.103 e. The van der Waals surface area contributed by atoms with Gasteiger partial charge in [-0.25, -0.2) is 4.98 Å². The second-order valence-corrected chi connectivity index (χ2v) is 8.03. The Morgan fingerprint density at radius 3 is 2.72 bits per heavy atom. The SMILES string of the molecule is CC(C)(C)c1csc(CSc2cccc(Br)c2)n1. The highest BCUT2D eigenvalue weighted by Crippen LogP contribution is 2.29. The predicted molar refractivity (Wildman–Crippen MR) is 84.5 cm³/mol. The van der Waals surface area contributed by atoms with Gasteiger partial charge in [-0.2, -0.15) is 0 Å². The first-order valence-electron chi connectivity index (χ1n) is 5.78. The Balaban J connectivity index is 2.01. The average molecular weight is 342 g/mol. The summed E-state index contributed by atoms with van der Waals surface area (Å²) in [6, 6.07) is 8.39. The monoisotopic (exact) mass is 341 g/mol. The van der Waals surface area contributed by atoms with Crippen LogP contribution in [0.2, 0.25) is 0 Å². The van der Waals surface area contributed by atoms with Gasteiger partial charge in [0.25, 0.3) is 0 Å². The zero-order valence-electron chi connectivity index (χ0n) is 10.7. The molecule has 0 bridgehead atoms. The summed E-state index contributed by atoms with van der Waals surface area (Å²) < 4.78 is 1.13. The summed E-state index contributed by atoms with van der Waals surface area (Å²) in [6.45, 7) is 6.61. The lowest BCUT2D eigenvalue weighted by Crippen LogP contribution is -2.11. The Kier molecular flexibility index (Phi) is 4.51. The van der Waals surface area contributed by atoms with Crippen molar-refractivity contribution >= 4 is 39.0 Å². The van der Waals surface area contributed by atoms with Crippen LogP contribution in [0, 0.1) is 0 Å². The molecular formula is C14H16BrNS2. The van der Waals surface area contributed by atoms with Gasteiger partial charge >= 0.3 is 0 Å². The lowest BCUT2D eigenvalue weighted by molar-refractivity contribution is 0.572. The highest BCUT2D eigenvalue weighted by molar-refractivity contribution is 9.10. The summed E-state index contributed by atoms with van der Waals surface area (Å²) in [5, 5.41) is 3.38. The van der Waals surface area contributed by atoms with E-state index < -0.39 is 0 Å². The molecule has 0 aliphatic carbocycles. The normalized spacial score (nSPS) is 11.8. The summed E-state index contributed by atoms with van der Waals surface area (Å²) in [5.41, 5.74) is 1.34. The molecule has 0 saturated heterocycles. The van der Waals surface area contributed by atoms with E-state index in [1.54, 1.807) is 11.3 Å². The second kappa shape index (κ2) is 5.76. The van der Waals surface area contributed by atoms with Gasteiger partial charge in [-0.3, -0.25) is 0 Å². The van der Waals surface area contributed by atoms with E-state index in [0.717, 1.165) is 10.2 Å². The molecule has 4 heteroatoms. The molecule has 0 spiro atoms. The summed E-state index contributed by atoms with van der Waals surface area (Å²) in [4.78, 5) is 5.98. The van der Waals surface area contributed by atoms with Gasteiger partial charge in [-0.1, -0.05) is 42.8 Å². The molecule has 0 N–H and O–H groups in total. The quantitative estimate of drug-likeness (QED) is 0.684. The number of thioether (sulfide) groups is 1. The van der Waals surface area contributed by atoms with Crippen molar-refractivity contribution < 1.29 is 0 Å². The van der Waals surface area contributed by atoms with Gasteiger partial charge in [0.05, 0.1) is 11.4 Å². The smallest absolute Gasteiger partial charge is 0.103 e. The van der Waals surface area contributed by atoms with E-state index in [9.17, 15) is 0 Å². The summed E-state index contributed by atoms with van der Waals surface area (Å²) >= 11 is 7.08. The summed E-state index contributed by atoms with van der Waals surface area (Å²) in [7, 11) is 0. The molecule has 0 saturated carbocycles. The Labute approximate surface area is 125 Å². The average Bonchev–Trinajstić information content (AvgIpc) is 2.74. The number of hydrogen-bond donors (Lipinski definition) is 0. The maximum atomic E-state index is 4.70. The van der Waals surface area contributed by atoms with Crippen LogP contribution in [0.15, 0.2) is 39.0 Å². The molecule has 2 rings (SSSR count). The highest BCUT2D eigenvalue weighted by Gasteiger charge is 2.17. The number of aromatic nitrogens is 1. The molecule has 0 atom stereocenters. The van der Waals surface area contributed by atoms with Crippen molar-refractivity contribution in [2.45, 2.75) is 36.8 Å². The van der Waals surface area contributed by atoms with Crippen molar-refractivity contribution in [2.75, 3.05) is 0 Å². The minimum Gasteiger partial charge on any atom is -0.245 e. The van der Waals surface area contributed by atoms with Gasteiger partial charge in [0.15, 0.2) is 0 Å². The second-order valence-electron chi connectivity index (χ2n) is 5.12. The number of hydrogen-bond acceptors (Lipinski definition) is 3. The lowest BCUT2D eigenvalue weighted by atomic mass is 9.93. The van der Waals surface area contributed by atoms with Crippen molar-refractivity contribution in [2.24, 2.45) is 0 Å². The molecule has 0 unspecified atom stereocenters. The Morgan fingerprint density at radius 2 is 2.11 bits per heavy atom. The first-order chi connectivity index (χ1) is 8.45. The van der Waals surface area contributed by atoms with Crippen molar-refractivity contribution in [1.82, 2.24) is 4.98 Å². The van der Waals surface area contributed by atoms with E-state index in [1.807, 2.05) is 17.8 Å². The van der Waals surface area contributed by atoms with Gasteiger partial charge in [-0.15, -0.1) is 23.1 Å². The van der Waals surface area contributed by atoms with Gasteiger partial charge in [0, 0.05) is 20.2 Å². The van der Waals surface area contributed by atoms with E-state index in [2.05, 4.69) is 60.3 Å². The Bertz CT molecular complexity index is 529. The predicted octanol–water partition coefficient (Wildman–Crippen LogP) is 5.50. The Hall–Kier alpha value is -0.320. The maximum absolute atomic E-state index is 4.70. The first kappa shape index (κ1) is 14.1. The number of nitrogens with zero attached hydrogens (tertiary/aromatic N) is 1. The van der Waals surface area contributed by atoms with Gasteiger partial charge in [-0.05, 0) is 18.2 Å². The molecule has 0 amide bonds. The van der Waals surface area contributed by atoms with Crippen LogP contribution in [0.1, 0.15) is 31.5 Å². The van der Waals surface area contributed by atoms with Crippen LogP contribution in [-0.4, -0.2) is 4.98 Å². The third-order valence-electron chi connectivity index (χ3n) is 2.48. The van der Waals surface area contributed by atoms with E-state index in [0.29, 0.717) is 0 Å². The highest BCUT2D eigenvalue weighted by atomic mass is 79.9. The number of benzene rings is 1. The van der Waals surface area contributed by atoms with Crippen LogP contribution in [0.25, 0.3) is 0 Å². The van der Waals surface area contributed by atoms with Crippen LogP contribution in [0.3, 0.4) is 0 Å². The largest absolute Gasteiger partial charge is 0.245 e. The number of thiazole rings is 1. The fraction of sp³-hybridized carbons (Fsp3) is 0.357. The molecular weight excluding hydrogens is 326 g/mol. The molecule has 0 radical (unpaired) electrons. The van der Waals surface area contributed by atoms with Crippen molar-refractivity contribution in [3.8, 4) is 0 Å². The fourth-order valence-corrected chi connectivity index (χ4v) is 3.97. The molecule has 18 heavy (non-hydrogen) atoms. The first-order valence-corrected chi connectivity index (χ1v) is 8.44. The van der Waals surface area contributed by atoms with Gasteiger partial charge < -0.3 is 0 Å². The minimum atomic E-state index is 0.148. The van der Waals surface area contributed by atoms with Crippen molar-refractivity contribution in [1.29, 1.82) is 0 Å². The summed E-state index contributed by atoms with van der Waals surface area (Å²) in [6.07, 6.45) is 0. The van der Waals surface area contributed by atoms with Gasteiger partial charge in [0.1, 0.15) is 5.01 Å². The van der Waals surface area contributed by atoms with Crippen molar-refractivity contribution in [3.05, 3.63) is 44.8 Å². The molecule has 1 nitrogen and oxygen atoms in total. The van der Waals surface area contributed by atoms with E-state index in [1.165, 1.54) is 15.6 Å². The number of halogens is 1. The lowest BCUT2D eigenvalue weighted by Gasteiger charge is -2.14. The molecule has 2 aromatic rings. The van der Waals surface area contributed by atoms with Crippen LogP contribution in [0.5, 0.6) is 0 Å². The van der Waals surface area contributed by atoms with Gasteiger partial charge in [0.2, 0.25) is 0 Å². The molecule has 96 valence electrons. The van der Waals surface area contributed by atoms with Crippen molar-refractivity contribution in [3.63, 3.8) is 0 Å². The van der Waals surface area contributed by atoms with Crippen LogP contribution >= 0.6 is 39.0 Å². The third kappa shape index (κ3) is 3.84. The van der Waals surface area contributed by atoms with Crippen LogP contribution in [-0.2, 0) is 11.2 Å². The number of rotatable bonds is 3. The molecule has 1 aromatic carbocycles. The Morgan fingerprint density at radius 1 is 1.33 bits per heavy atom. The third-order valence-corrected chi connectivity index (χ3v) is 5.01. The molecule has 0 aliphatic rings. The van der Waals surface area contributed by atoms with E-state index in [-0.39, 0.29) is 5.41 Å². The molecule has 1 aromatic heterocycles. The minimum absolute atomic E-state index is 0.148. The summed E-state index contributed by atoms with van der Waals surface area (Å²) in [5.74, 6) is 0.942. The van der Waals surface area contributed by atoms with E-state index in [4.69, 9.17) is 4.98 Å². The molecule has 0 fully saturated rings. The topological polar surface area (TPSA) is 12.9 Å². The fourth-order valence-electron chi connectivity index (χ4n) is 1.42. The van der Waals surface area contributed by atoms with E-state index >= 15 is 0 Å². The zero-order chi connectivity index (χ0) is 13.2. The molecule has 0 aliphatic heterocycles. The van der Waals surface area contributed by atoms with Crippen LogP contribution < -0.4 is 0 Å².